The van der Waals surface area contributed by atoms with E-state index in [0.717, 1.165) is 41.5 Å². The molecule has 0 unspecified atom stereocenters. The van der Waals surface area contributed by atoms with Crippen LogP contribution in [0.4, 0.5) is 5.13 Å². The van der Waals surface area contributed by atoms with Crippen LogP contribution in [0.1, 0.15) is 12.2 Å². The van der Waals surface area contributed by atoms with Gasteiger partial charge in [0.05, 0.1) is 0 Å². The first-order valence-corrected chi connectivity index (χ1v) is 9.05. The highest BCUT2D eigenvalue weighted by molar-refractivity contribution is 14.1. The Hall–Kier alpha value is -1.35. The van der Waals surface area contributed by atoms with Gasteiger partial charge in [-0.15, -0.1) is 11.3 Å². The minimum atomic E-state index is 0.0346. The summed E-state index contributed by atoms with van der Waals surface area (Å²) in [5, 5.41) is 3.02. The Labute approximate surface area is 146 Å². The molecule has 1 fully saturated rings. The molecule has 0 aliphatic carbocycles. The van der Waals surface area contributed by atoms with E-state index in [1.165, 1.54) is 0 Å². The molecule has 2 aromatic rings. The first-order valence-electron chi connectivity index (χ1n) is 7.09. The number of halogens is 1. The first kappa shape index (κ1) is 15.5. The maximum absolute atomic E-state index is 12.3. The van der Waals surface area contributed by atoms with Gasteiger partial charge < -0.3 is 14.2 Å². The van der Waals surface area contributed by atoms with Crippen molar-refractivity contribution in [3.8, 4) is 0 Å². The zero-order valence-electron chi connectivity index (χ0n) is 11.9. The molecule has 3 rings (SSSR count). The summed E-state index contributed by atoms with van der Waals surface area (Å²) in [7, 11) is 0. The fraction of sp³-hybridized carbons (Fsp3) is 0.333. The van der Waals surface area contributed by atoms with Crippen molar-refractivity contribution in [2.75, 3.05) is 31.1 Å². The summed E-state index contributed by atoms with van der Waals surface area (Å²) in [5.74, 6) is 0.740. The van der Waals surface area contributed by atoms with Crippen LogP contribution in [0.2, 0.25) is 0 Å². The molecular weight excluding hydrogens is 413 g/mol. The molecular formula is C15H16IN3O2S. The van der Waals surface area contributed by atoms with Crippen molar-refractivity contribution in [2.45, 2.75) is 6.42 Å². The molecule has 1 aliphatic heterocycles. The number of nitrogens with zero attached hydrogens (tertiary/aromatic N) is 3. The number of carbonyl (C=O) groups is 1. The van der Waals surface area contributed by atoms with E-state index in [1.807, 2.05) is 28.6 Å². The Morgan fingerprint density at radius 3 is 2.95 bits per heavy atom. The van der Waals surface area contributed by atoms with E-state index >= 15 is 0 Å². The summed E-state index contributed by atoms with van der Waals surface area (Å²) >= 11 is 3.75. The fourth-order valence-electron chi connectivity index (χ4n) is 2.38. The third-order valence-electron chi connectivity index (χ3n) is 3.48. The lowest BCUT2D eigenvalue weighted by molar-refractivity contribution is -0.125. The highest BCUT2D eigenvalue weighted by Crippen LogP contribution is 2.19. The van der Waals surface area contributed by atoms with Gasteiger partial charge in [0, 0.05) is 43.8 Å². The second-order valence-electron chi connectivity index (χ2n) is 4.96. The van der Waals surface area contributed by atoms with Gasteiger partial charge in [-0.1, -0.05) is 0 Å². The summed E-state index contributed by atoms with van der Waals surface area (Å²) in [6.07, 6.45) is 6.10. The van der Waals surface area contributed by atoms with Gasteiger partial charge in [0.2, 0.25) is 5.91 Å². The van der Waals surface area contributed by atoms with Crippen molar-refractivity contribution in [3.05, 3.63) is 39.3 Å². The maximum Gasteiger partial charge on any atom is 0.246 e. The van der Waals surface area contributed by atoms with E-state index in [0.29, 0.717) is 5.76 Å². The molecule has 0 aromatic carbocycles. The number of anilines is 1. The molecule has 1 aliphatic rings. The van der Waals surface area contributed by atoms with Crippen LogP contribution in [0.3, 0.4) is 0 Å². The SMILES string of the molecule is O=C(C=Cc1ccc(I)o1)N1CCCN(c2nccs2)CC1. The zero-order chi connectivity index (χ0) is 15.4. The number of carbonyl (C=O) groups excluding carboxylic acids is 1. The molecule has 0 saturated carbocycles. The average Bonchev–Trinajstić information content (AvgIpc) is 3.12. The molecule has 0 radical (unpaired) electrons. The number of hydrogen-bond donors (Lipinski definition) is 0. The van der Waals surface area contributed by atoms with Crippen LogP contribution in [-0.2, 0) is 4.79 Å². The maximum atomic E-state index is 12.3. The van der Waals surface area contributed by atoms with Crippen LogP contribution < -0.4 is 4.90 Å². The predicted octanol–water partition coefficient (Wildman–Crippen LogP) is 3.09. The van der Waals surface area contributed by atoms with Crippen molar-refractivity contribution >= 4 is 51.0 Å². The molecule has 3 heterocycles. The van der Waals surface area contributed by atoms with E-state index < -0.39 is 0 Å². The largest absolute Gasteiger partial charge is 0.451 e. The van der Waals surface area contributed by atoms with Gasteiger partial charge in [0.1, 0.15) is 5.76 Å². The van der Waals surface area contributed by atoms with E-state index in [9.17, 15) is 4.79 Å². The Morgan fingerprint density at radius 2 is 2.23 bits per heavy atom. The Bertz CT molecular complexity index is 654. The van der Waals surface area contributed by atoms with E-state index in [4.69, 9.17) is 4.42 Å². The predicted molar refractivity (Wildman–Crippen MR) is 96.0 cm³/mol. The van der Waals surface area contributed by atoms with Crippen molar-refractivity contribution in [2.24, 2.45) is 0 Å². The standard InChI is InChI=1S/C15H16IN3O2S/c16-13-4-2-12(21-13)3-5-14(20)18-7-1-8-19(10-9-18)15-17-6-11-22-15/h2-6,11H,1,7-10H2. The second-order valence-corrected chi connectivity index (χ2v) is 6.89. The van der Waals surface area contributed by atoms with Gasteiger partial charge in [-0.05, 0) is 47.2 Å². The summed E-state index contributed by atoms with van der Waals surface area (Å²) < 4.78 is 6.24. The van der Waals surface area contributed by atoms with Crippen molar-refractivity contribution < 1.29 is 9.21 Å². The molecule has 0 atom stereocenters. The van der Waals surface area contributed by atoms with E-state index in [-0.39, 0.29) is 5.91 Å². The first-order chi connectivity index (χ1) is 10.7. The van der Waals surface area contributed by atoms with Crippen LogP contribution >= 0.6 is 33.9 Å². The smallest absolute Gasteiger partial charge is 0.246 e. The number of hydrogen-bond acceptors (Lipinski definition) is 5. The van der Waals surface area contributed by atoms with Gasteiger partial charge in [-0.25, -0.2) is 4.98 Å². The topological polar surface area (TPSA) is 49.6 Å². The van der Waals surface area contributed by atoms with Crippen LogP contribution in [0.5, 0.6) is 0 Å². The molecule has 116 valence electrons. The molecule has 22 heavy (non-hydrogen) atoms. The van der Waals surface area contributed by atoms with Crippen LogP contribution in [0.25, 0.3) is 6.08 Å². The van der Waals surface area contributed by atoms with E-state index in [1.54, 1.807) is 23.5 Å². The van der Waals surface area contributed by atoms with Gasteiger partial charge in [-0.2, -0.15) is 0 Å². The molecule has 0 N–H and O–H groups in total. The highest BCUT2D eigenvalue weighted by atomic mass is 127. The summed E-state index contributed by atoms with van der Waals surface area (Å²) in [6, 6.07) is 3.74. The third kappa shape index (κ3) is 3.89. The number of amides is 1. The molecule has 0 bridgehead atoms. The average molecular weight is 429 g/mol. The molecule has 1 amide bonds. The highest BCUT2D eigenvalue weighted by Gasteiger charge is 2.18. The summed E-state index contributed by atoms with van der Waals surface area (Å²) in [5.41, 5.74) is 0. The summed E-state index contributed by atoms with van der Waals surface area (Å²) in [4.78, 5) is 20.8. The number of aromatic nitrogens is 1. The quantitative estimate of drug-likeness (QED) is 0.556. The van der Waals surface area contributed by atoms with E-state index in [2.05, 4.69) is 32.5 Å². The lowest BCUT2D eigenvalue weighted by Gasteiger charge is -2.20. The van der Waals surface area contributed by atoms with Crippen molar-refractivity contribution in [1.82, 2.24) is 9.88 Å². The zero-order valence-corrected chi connectivity index (χ0v) is 14.9. The minimum Gasteiger partial charge on any atom is -0.451 e. The number of thiazole rings is 1. The molecule has 0 spiro atoms. The molecule has 5 nitrogen and oxygen atoms in total. The monoisotopic (exact) mass is 429 g/mol. The van der Waals surface area contributed by atoms with Gasteiger partial charge in [0.15, 0.2) is 8.90 Å². The second kappa shape index (κ2) is 7.28. The Morgan fingerprint density at radius 1 is 1.32 bits per heavy atom. The van der Waals surface area contributed by atoms with Crippen molar-refractivity contribution in [3.63, 3.8) is 0 Å². The van der Waals surface area contributed by atoms with Gasteiger partial charge in [-0.3, -0.25) is 4.79 Å². The van der Waals surface area contributed by atoms with Gasteiger partial charge >= 0.3 is 0 Å². The fourth-order valence-corrected chi connectivity index (χ4v) is 3.51. The molecule has 1 saturated heterocycles. The third-order valence-corrected chi connectivity index (χ3v) is 4.89. The summed E-state index contributed by atoms with van der Waals surface area (Å²) in [6.45, 7) is 3.27. The minimum absolute atomic E-state index is 0.0346. The number of furan rings is 1. The van der Waals surface area contributed by atoms with Crippen LogP contribution in [0.15, 0.2) is 34.2 Å². The normalized spacial score (nSPS) is 16.2. The molecule has 7 heteroatoms. The lowest BCUT2D eigenvalue weighted by Crippen LogP contribution is -2.34. The van der Waals surface area contributed by atoms with Crippen molar-refractivity contribution in [1.29, 1.82) is 0 Å². The number of rotatable bonds is 3. The van der Waals surface area contributed by atoms with Crippen LogP contribution in [-0.4, -0.2) is 42.0 Å². The Balaban J connectivity index is 1.58. The lowest BCUT2D eigenvalue weighted by atomic mass is 10.3. The van der Waals surface area contributed by atoms with Crippen LogP contribution in [0, 0.1) is 3.77 Å². The molecule has 2 aromatic heterocycles. The van der Waals surface area contributed by atoms with Gasteiger partial charge in [0.25, 0.3) is 0 Å². The Kier molecular flexibility index (Phi) is 5.14.